The molecule has 25 heavy (non-hydrogen) atoms. The van der Waals surface area contributed by atoms with E-state index < -0.39 is 10.0 Å². The van der Waals surface area contributed by atoms with Gasteiger partial charge >= 0.3 is 0 Å². The van der Waals surface area contributed by atoms with Gasteiger partial charge < -0.3 is 5.32 Å². The van der Waals surface area contributed by atoms with Gasteiger partial charge in [0.1, 0.15) is 0 Å². The van der Waals surface area contributed by atoms with Crippen LogP contribution in [0.4, 0.5) is 5.69 Å². The minimum Gasteiger partial charge on any atom is -0.325 e. The monoisotopic (exact) mass is 398 g/mol. The predicted molar refractivity (Wildman–Crippen MR) is 104 cm³/mol. The Morgan fingerprint density at radius 2 is 1.84 bits per heavy atom. The quantitative estimate of drug-likeness (QED) is 0.775. The fourth-order valence-corrected chi connectivity index (χ4v) is 3.90. The van der Waals surface area contributed by atoms with E-state index >= 15 is 0 Å². The molecular weight excluding hydrogens is 380 g/mol. The lowest BCUT2D eigenvalue weighted by Gasteiger charge is -2.12. The fourth-order valence-electron chi connectivity index (χ4n) is 2.01. The number of halogens is 1. The Kier molecular flexibility index (Phi) is 6.89. The normalized spacial score (nSPS) is 11.5. The lowest BCUT2D eigenvalue weighted by Crippen LogP contribution is -2.22. The molecule has 0 saturated heterocycles. The standard InChI is InChI=1S/C17H19ClN2O3S2/c1-20(2)25(22,23)16-8-6-15(7-9-16)19-17(21)12-24-11-13-4-3-5-14(18)10-13/h3-10H,11-12H2,1-2H3,(H,19,21). The van der Waals surface area contributed by atoms with Gasteiger partial charge in [-0.15, -0.1) is 11.8 Å². The molecule has 1 N–H and O–H groups in total. The first-order chi connectivity index (χ1) is 11.8. The van der Waals surface area contributed by atoms with Crippen molar-refractivity contribution in [1.29, 1.82) is 0 Å². The molecule has 0 spiro atoms. The highest BCUT2D eigenvalue weighted by atomic mass is 35.5. The summed E-state index contributed by atoms with van der Waals surface area (Å²) < 4.78 is 25.1. The van der Waals surface area contributed by atoms with E-state index in [4.69, 9.17) is 11.6 Å². The Morgan fingerprint density at radius 3 is 2.44 bits per heavy atom. The fraction of sp³-hybridized carbons (Fsp3) is 0.235. The smallest absolute Gasteiger partial charge is 0.242 e. The van der Waals surface area contributed by atoms with Crippen LogP contribution in [0.3, 0.4) is 0 Å². The van der Waals surface area contributed by atoms with Crippen molar-refractivity contribution in [3.63, 3.8) is 0 Å². The zero-order chi connectivity index (χ0) is 18.4. The van der Waals surface area contributed by atoms with Crippen LogP contribution in [0.2, 0.25) is 5.02 Å². The number of sulfonamides is 1. The number of nitrogens with zero attached hydrogens (tertiary/aromatic N) is 1. The van der Waals surface area contributed by atoms with Crippen LogP contribution in [0.1, 0.15) is 5.56 Å². The second-order valence-electron chi connectivity index (χ2n) is 5.48. The maximum atomic E-state index is 12.0. The highest BCUT2D eigenvalue weighted by molar-refractivity contribution is 7.99. The average Bonchev–Trinajstić information content (AvgIpc) is 2.55. The molecule has 5 nitrogen and oxygen atoms in total. The largest absolute Gasteiger partial charge is 0.325 e. The minimum absolute atomic E-state index is 0.143. The molecule has 134 valence electrons. The summed E-state index contributed by atoms with van der Waals surface area (Å²) in [5.41, 5.74) is 1.62. The van der Waals surface area contributed by atoms with E-state index in [2.05, 4.69) is 5.32 Å². The summed E-state index contributed by atoms with van der Waals surface area (Å²) in [7, 11) is -0.516. The molecule has 2 aromatic rings. The zero-order valence-corrected chi connectivity index (χ0v) is 16.3. The number of carbonyl (C=O) groups is 1. The predicted octanol–water partition coefficient (Wildman–Crippen LogP) is 3.46. The first-order valence-corrected chi connectivity index (χ1v) is 10.4. The maximum Gasteiger partial charge on any atom is 0.242 e. The Morgan fingerprint density at radius 1 is 1.16 bits per heavy atom. The van der Waals surface area contributed by atoms with Gasteiger partial charge in [0.05, 0.1) is 10.6 Å². The van der Waals surface area contributed by atoms with Gasteiger partial charge in [0.25, 0.3) is 0 Å². The molecule has 2 aromatic carbocycles. The number of rotatable bonds is 7. The number of amides is 1. The highest BCUT2D eigenvalue weighted by Gasteiger charge is 2.16. The van der Waals surface area contributed by atoms with Gasteiger partial charge in [0, 0.05) is 30.6 Å². The lowest BCUT2D eigenvalue weighted by molar-refractivity contribution is -0.113. The van der Waals surface area contributed by atoms with Crippen LogP contribution in [0, 0.1) is 0 Å². The molecule has 0 radical (unpaired) electrons. The molecule has 8 heteroatoms. The van der Waals surface area contributed by atoms with Crippen LogP contribution in [-0.4, -0.2) is 38.5 Å². The Hall–Kier alpha value is -1.54. The van der Waals surface area contributed by atoms with Crippen molar-refractivity contribution in [1.82, 2.24) is 4.31 Å². The first kappa shape index (κ1) is 19.8. The molecule has 0 unspecified atom stereocenters. The SMILES string of the molecule is CN(C)S(=O)(=O)c1ccc(NC(=O)CSCc2cccc(Cl)c2)cc1. The van der Waals surface area contributed by atoms with Crippen LogP contribution in [-0.2, 0) is 20.6 Å². The van der Waals surface area contributed by atoms with E-state index in [1.165, 1.54) is 38.0 Å². The molecule has 0 aliphatic heterocycles. The van der Waals surface area contributed by atoms with Crippen LogP contribution in [0.15, 0.2) is 53.4 Å². The number of anilines is 1. The van der Waals surface area contributed by atoms with Gasteiger partial charge in [-0.1, -0.05) is 23.7 Å². The van der Waals surface area contributed by atoms with Crippen LogP contribution >= 0.6 is 23.4 Å². The van der Waals surface area contributed by atoms with Crippen LogP contribution in [0.5, 0.6) is 0 Å². The summed E-state index contributed by atoms with van der Waals surface area (Å²) >= 11 is 7.40. The average molecular weight is 399 g/mol. The molecule has 0 bridgehead atoms. The van der Waals surface area contributed by atoms with Gasteiger partial charge in [0.15, 0.2) is 0 Å². The van der Waals surface area contributed by atoms with Gasteiger partial charge in [0.2, 0.25) is 15.9 Å². The number of carbonyl (C=O) groups excluding carboxylic acids is 1. The van der Waals surface area contributed by atoms with Gasteiger partial charge in [-0.05, 0) is 42.0 Å². The molecule has 0 saturated carbocycles. The summed E-state index contributed by atoms with van der Waals surface area (Å²) in [5, 5.41) is 3.43. The van der Waals surface area contributed by atoms with Crippen molar-refractivity contribution in [3.05, 3.63) is 59.1 Å². The lowest BCUT2D eigenvalue weighted by atomic mass is 10.2. The number of nitrogens with one attached hydrogen (secondary N) is 1. The van der Waals surface area contributed by atoms with Gasteiger partial charge in [-0.2, -0.15) is 0 Å². The third-order valence-electron chi connectivity index (χ3n) is 3.31. The Labute approximate surface area is 157 Å². The van der Waals surface area contributed by atoms with Crippen molar-refractivity contribution >= 4 is 45.0 Å². The summed E-state index contributed by atoms with van der Waals surface area (Å²) in [6.45, 7) is 0. The van der Waals surface area contributed by atoms with Crippen LogP contribution in [0.25, 0.3) is 0 Å². The third-order valence-corrected chi connectivity index (χ3v) is 6.38. The van der Waals surface area contributed by atoms with E-state index in [0.29, 0.717) is 22.2 Å². The Bertz CT molecular complexity index is 837. The highest BCUT2D eigenvalue weighted by Crippen LogP contribution is 2.18. The van der Waals surface area contributed by atoms with Crippen molar-refractivity contribution in [2.75, 3.05) is 25.2 Å². The molecular formula is C17H19ClN2O3S2. The summed E-state index contributed by atoms with van der Waals surface area (Å²) in [4.78, 5) is 12.2. The van der Waals surface area contributed by atoms with Gasteiger partial charge in [-0.25, -0.2) is 12.7 Å². The van der Waals surface area contributed by atoms with E-state index in [0.717, 1.165) is 9.87 Å². The van der Waals surface area contributed by atoms with Crippen molar-refractivity contribution < 1.29 is 13.2 Å². The number of benzene rings is 2. The number of hydrogen-bond acceptors (Lipinski definition) is 4. The van der Waals surface area contributed by atoms with E-state index in [-0.39, 0.29) is 10.8 Å². The van der Waals surface area contributed by atoms with Crippen molar-refractivity contribution in [2.24, 2.45) is 0 Å². The summed E-state index contributed by atoms with van der Waals surface area (Å²) in [6.07, 6.45) is 0. The molecule has 0 aliphatic rings. The van der Waals surface area contributed by atoms with Crippen molar-refractivity contribution in [3.8, 4) is 0 Å². The molecule has 0 heterocycles. The van der Waals surface area contributed by atoms with E-state index in [9.17, 15) is 13.2 Å². The Balaban J connectivity index is 1.86. The molecule has 0 aromatic heterocycles. The molecule has 2 rings (SSSR count). The molecule has 1 amide bonds. The summed E-state index contributed by atoms with van der Waals surface area (Å²) in [5.74, 6) is 0.841. The van der Waals surface area contributed by atoms with E-state index in [1.807, 2.05) is 24.3 Å². The van der Waals surface area contributed by atoms with Crippen LogP contribution < -0.4 is 5.32 Å². The summed E-state index contributed by atoms with van der Waals surface area (Å²) in [6, 6.07) is 13.6. The number of thioether (sulfide) groups is 1. The topological polar surface area (TPSA) is 66.5 Å². The zero-order valence-electron chi connectivity index (χ0n) is 13.9. The maximum absolute atomic E-state index is 12.0. The third kappa shape index (κ3) is 5.74. The number of hydrogen-bond donors (Lipinski definition) is 1. The molecule has 0 atom stereocenters. The van der Waals surface area contributed by atoms with Gasteiger partial charge in [-0.3, -0.25) is 4.79 Å². The first-order valence-electron chi connectivity index (χ1n) is 7.43. The minimum atomic E-state index is -3.46. The molecule has 0 aliphatic carbocycles. The van der Waals surface area contributed by atoms with E-state index in [1.54, 1.807) is 12.1 Å². The second kappa shape index (κ2) is 8.71. The second-order valence-corrected chi connectivity index (χ2v) is 9.06. The van der Waals surface area contributed by atoms with Crippen molar-refractivity contribution in [2.45, 2.75) is 10.6 Å². The molecule has 0 fully saturated rings.